The van der Waals surface area contributed by atoms with Gasteiger partial charge in [-0.15, -0.1) is 0 Å². The lowest BCUT2D eigenvalue weighted by atomic mass is 10.0. The fraction of sp³-hybridized carbons (Fsp3) is 0.636. The second-order valence-electron chi connectivity index (χ2n) is 9.38. The van der Waals surface area contributed by atoms with Gasteiger partial charge in [-0.1, -0.05) is 0 Å². The van der Waals surface area contributed by atoms with Crippen molar-refractivity contribution < 1.29 is 35.9 Å². The van der Waals surface area contributed by atoms with Gasteiger partial charge in [0, 0.05) is 44.6 Å². The maximum Gasteiger partial charge on any atom is 0.419 e. The van der Waals surface area contributed by atoms with Crippen LogP contribution in [0.1, 0.15) is 31.7 Å². The molecule has 0 saturated carbocycles. The van der Waals surface area contributed by atoms with Crippen molar-refractivity contribution in [1.29, 1.82) is 0 Å². The molecule has 10 nitrogen and oxygen atoms in total. The number of hydrazone groups is 1. The van der Waals surface area contributed by atoms with Gasteiger partial charge in [0.25, 0.3) is 5.91 Å². The Morgan fingerprint density at radius 3 is 2.34 bits per heavy atom. The van der Waals surface area contributed by atoms with Gasteiger partial charge >= 0.3 is 12.4 Å². The Morgan fingerprint density at radius 1 is 1.08 bits per heavy atom. The summed E-state index contributed by atoms with van der Waals surface area (Å²) in [5, 5.41) is 6.47. The van der Waals surface area contributed by atoms with Crippen LogP contribution in [0.25, 0.3) is 0 Å². The molecule has 1 aromatic rings. The fourth-order valence-electron chi connectivity index (χ4n) is 4.73. The molecule has 3 aliphatic rings. The van der Waals surface area contributed by atoms with Crippen LogP contribution in [0.3, 0.4) is 0 Å². The molecule has 1 aromatic heterocycles. The lowest BCUT2D eigenvalue weighted by Gasteiger charge is -2.36. The molecular weight excluding hydrogens is 522 g/mol. The van der Waals surface area contributed by atoms with Crippen LogP contribution in [-0.2, 0) is 15.8 Å². The van der Waals surface area contributed by atoms with Gasteiger partial charge in [-0.05, 0) is 26.2 Å². The van der Waals surface area contributed by atoms with Gasteiger partial charge in [0.15, 0.2) is 5.92 Å². The molecule has 2 saturated heterocycles. The van der Waals surface area contributed by atoms with Crippen LogP contribution >= 0.6 is 0 Å². The van der Waals surface area contributed by atoms with E-state index in [1.54, 1.807) is 22.1 Å². The Kier molecular flexibility index (Phi) is 7.90. The number of nitrogens with zero attached hydrogens (tertiary/aromatic N) is 6. The van der Waals surface area contributed by atoms with Crippen LogP contribution < -0.4 is 15.6 Å². The summed E-state index contributed by atoms with van der Waals surface area (Å²) in [5.41, 5.74) is 0.385. The van der Waals surface area contributed by atoms with Crippen LogP contribution in [-0.4, -0.2) is 89.1 Å². The number of hydrogen-bond acceptors (Lipinski definition) is 8. The lowest BCUT2D eigenvalue weighted by molar-refractivity contribution is -0.168. The van der Waals surface area contributed by atoms with Crippen molar-refractivity contribution in [2.45, 2.75) is 56.7 Å². The van der Waals surface area contributed by atoms with Crippen molar-refractivity contribution in [1.82, 2.24) is 25.6 Å². The summed E-state index contributed by atoms with van der Waals surface area (Å²) in [7, 11) is 0. The summed E-state index contributed by atoms with van der Waals surface area (Å²) in [6.45, 7) is 3.15. The maximum absolute atomic E-state index is 13.3. The monoisotopic (exact) mass is 548 g/mol. The minimum absolute atomic E-state index is 0.0535. The third kappa shape index (κ3) is 6.22. The van der Waals surface area contributed by atoms with E-state index in [2.05, 4.69) is 25.4 Å². The molecule has 0 aliphatic carbocycles. The van der Waals surface area contributed by atoms with Crippen molar-refractivity contribution >= 4 is 29.7 Å². The summed E-state index contributed by atoms with van der Waals surface area (Å²) < 4.78 is 77.9. The fourth-order valence-corrected chi connectivity index (χ4v) is 4.73. The number of amides is 2. The van der Waals surface area contributed by atoms with Gasteiger partial charge in [0.2, 0.25) is 11.9 Å². The van der Waals surface area contributed by atoms with E-state index in [0.717, 1.165) is 18.6 Å². The van der Waals surface area contributed by atoms with Crippen LogP contribution in [0, 0.1) is 5.92 Å². The summed E-state index contributed by atoms with van der Waals surface area (Å²) in [6.07, 6.45) is -5.25. The zero-order valence-electron chi connectivity index (χ0n) is 20.3. The number of halogens is 6. The molecule has 2 amide bonds. The molecule has 16 heteroatoms. The van der Waals surface area contributed by atoms with Gasteiger partial charge in [0.05, 0.1) is 29.6 Å². The summed E-state index contributed by atoms with van der Waals surface area (Å²) in [5.74, 6) is -3.62. The van der Waals surface area contributed by atoms with E-state index in [-0.39, 0.29) is 24.4 Å². The number of likely N-dealkylation sites (tertiary alicyclic amines) is 1. The first-order valence-electron chi connectivity index (χ1n) is 12.0. The van der Waals surface area contributed by atoms with E-state index in [9.17, 15) is 35.9 Å². The SMILES string of the molecule is C[C@H](CN[C@@H]1CCN(C2CCN(c3ncc(C(F)(F)F)cn3)CC2)C1=O)N=C1C=NNC(=O)C1C(F)(F)F. The first-order chi connectivity index (χ1) is 17.8. The normalized spacial score (nSPS) is 25.3. The highest BCUT2D eigenvalue weighted by atomic mass is 19.4. The zero-order valence-corrected chi connectivity index (χ0v) is 20.3. The second kappa shape index (κ2) is 10.8. The number of rotatable bonds is 6. The van der Waals surface area contributed by atoms with E-state index in [0.29, 0.717) is 38.9 Å². The van der Waals surface area contributed by atoms with Crippen LogP contribution in [0.4, 0.5) is 32.3 Å². The van der Waals surface area contributed by atoms with Crippen LogP contribution in [0.2, 0.25) is 0 Å². The smallest absolute Gasteiger partial charge is 0.341 e. The highest BCUT2D eigenvalue weighted by Gasteiger charge is 2.49. The summed E-state index contributed by atoms with van der Waals surface area (Å²) in [6, 6.07) is -1.22. The third-order valence-corrected chi connectivity index (χ3v) is 6.68. The van der Waals surface area contributed by atoms with Crippen molar-refractivity contribution in [3.05, 3.63) is 18.0 Å². The highest BCUT2D eigenvalue weighted by molar-refractivity contribution is 6.37. The van der Waals surface area contributed by atoms with Gasteiger partial charge < -0.3 is 15.1 Å². The maximum atomic E-state index is 13.3. The molecule has 3 atom stereocenters. The van der Waals surface area contributed by atoms with E-state index < -0.39 is 47.5 Å². The Balaban J connectivity index is 1.27. The quantitative estimate of drug-likeness (QED) is 0.524. The highest BCUT2D eigenvalue weighted by Crippen LogP contribution is 2.30. The number of aromatic nitrogens is 2. The lowest BCUT2D eigenvalue weighted by Crippen LogP contribution is -2.49. The standard InChI is InChI=1S/C22H26F6N8O2/c1-12(33-16-11-32-34-18(37)17(16)22(26,27)28)8-29-15-4-7-36(19(15)38)14-2-5-35(6-3-14)20-30-9-13(10-31-20)21(23,24)25/h9-12,14-15,17,29H,2-8H2,1H3,(H,34,37)/t12-,15-,17?/m1/s1. The molecule has 208 valence electrons. The molecule has 2 N–H and O–H groups in total. The number of nitrogens with one attached hydrogen (secondary N) is 2. The molecule has 4 rings (SSSR count). The Hall–Kier alpha value is -3.30. The third-order valence-electron chi connectivity index (χ3n) is 6.68. The average Bonchev–Trinajstić information content (AvgIpc) is 3.21. The van der Waals surface area contributed by atoms with Crippen molar-refractivity contribution in [3.63, 3.8) is 0 Å². The number of aliphatic imine (C=N–C) groups is 1. The Bertz CT molecular complexity index is 1080. The molecule has 1 unspecified atom stereocenters. The minimum Gasteiger partial charge on any atom is -0.341 e. The average molecular weight is 548 g/mol. The molecule has 0 spiro atoms. The molecular formula is C22H26F6N8O2. The molecule has 2 fully saturated rings. The molecule has 38 heavy (non-hydrogen) atoms. The molecule has 4 heterocycles. The van der Waals surface area contributed by atoms with Crippen molar-refractivity contribution in [2.24, 2.45) is 16.0 Å². The number of hydrogen-bond donors (Lipinski definition) is 2. The minimum atomic E-state index is -4.81. The number of piperidine rings is 1. The van der Waals surface area contributed by atoms with E-state index in [1.807, 2.05) is 0 Å². The summed E-state index contributed by atoms with van der Waals surface area (Å²) >= 11 is 0. The first kappa shape index (κ1) is 27.7. The van der Waals surface area contributed by atoms with E-state index in [4.69, 9.17) is 0 Å². The Labute approximate surface area is 213 Å². The van der Waals surface area contributed by atoms with Gasteiger partial charge in [-0.3, -0.25) is 14.6 Å². The molecule has 0 aromatic carbocycles. The first-order valence-corrected chi connectivity index (χ1v) is 12.0. The Morgan fingerprint density at radius 2 is 1.74 bits per heavy atom. The largest absolute Gasteiger partial charge is 0.419 e. The van der Waals surface area contributed by atoms with Crippen LogP contribution in [0.5, 0.6) is 0 Å². The topological polar surface area (TPSA) is 115 Å². The van der Waals surface area contributed by atoms with Gasteiger partial charge in [0.1, 0.15) is 0 Å². The number of carbonyl (C=O) groups is 2. The molecule has 0 bridgehead atoms. The predicted octanol–water partition coefficient (Wildman–Crippen LogP) is 1.78. The number of carbonyl (C=O) groups excluding carboxylic acids is 2. The van der Waals surface area contributed by atoms with Gasteiger partial charge in [-0.25, -0.2) is 15.4 Å². The van der Waals surface area contributed by atoms with E-state index >= 15 is 0 Å². The molecule has 3 aliphatic heterocycles. The van der Waals surface area contributed by atoms with Gasteiger partial charge in [-0.2, -0.15) is 31.4 Å². The van der Waals surface area contributed by atoms with Crippen molar-refractivity contribution in [3.8, 4) is 0 Å². The second-order valence-corrected chi connectivity index (χ2v) is 9.38. The predicted molar refractivity (Wildman–Crippen MR) is 123 cm³/mol. The number of alkyl halides is 6. The zero-order chi connectivity index (χ0) is 27.7. The van der Waals surface area contributed by atoms with Crippen LogP contribution in [0.15, 0.2) is 22.5 Å². The summed E-state index contributed by atoms with van der Waals surface area (Å²) in [4.78, 5) is 39.8. The molecule has 0 radical (unpaired) electrons. The number of anilines is 1. The van der Waals surface area contributed by atoms with Crippen molar-refractivity contribution in [2.75, 3.05) is 31.1 Å². The van der Waals surface area contributed by atoms with E-state index in [1.165, 1.54) is 0 Å².